The second-order valence-electron chi connectivity index (χ2n) is 3.06. The number of amides is 1. The minimum Gasteiger partial charge on any atom is -0.469 e. The van der Waals surface area contributed by atoms with E-state index in [1.807, 2.05) is 0 Å². The zero-order valence-corrected chi connectivity index (χ0v) is 9.21. The van der Waals surface area contributed by atoms with E-state index in [-0.39, 0.29) is 17.8 Å². The number of methoxy groups -OCH3 is 1. The van der Waals surface area contributed by atoms with Crippen LogP contribution in [-0.4, -0.2) is 26.0 Å². The van der Waals surface area contributed by atoms with Crippen LogP contribution in [0.25, 0.3) is 0 Å². The Kier molecular flexibility index (Phi) is 7.27. The highest BCUT2D eigenvalue weighted by molar-refractivity contribution is 5.76. The Bertz CT molecular complexity index is 229. The van der Waals surface area contributed by atoms with E-state index in [2.05, 4.69) is 22.2 Å². The van der Waals surface area contributed by atoms with Crippen LogP contribution in [0, 0.1) is 5.92 Å². The highest BCUT2D eigenvalue weighted by Crippen LogP contribution is 2.11. The summed E-state index contributed by atoms with van der Waals surface area (Å²) in [7, 11) is 2.96. The van der Waals surface area contributed by atoms with E-state index < -0.39 is 0 Å². The number of esters is 1. The molecule has 0 fully saturated rings. The van der Waals surface area contributed by atoms with Gasteiger partial charge in [-0.2, -0.15) is 0 Å². The van der Waals surface area contributed by atoms with Crippen LogP contribution in [0.1, 0.15) is 19.3 Å². The molecule has 0 rings (SSSR count). The van der Waals surface area contributed by atoms with Crippen molar-refractivity contribution in [2.24, 2.45) is 5.92 Å². The molecule has 1 amide bonds. The second-order valence-corrected chi connectivity index (χ2v) is 3.06. The molecule has 1 unspecified atom stereocenters. The van der Waals surface area contributed by atoms with Crippen molar-refractivity contribution in [1.82, 2.24) is 10.9 Å². The molecule has 0 aromatic heterocycles. The molecule has 0 heterocycles. The molecule has 5 heteroatoms. The molecule has 0 saturated carbocycles. The van der Waals surface area contributed by atoms with Gasteiger partial charge in [-0.25, -0.2) is 5.43 Å². The quantitative estimate of drug-likeness (QED) is 0.365. The molecule has 0 radical (unpaired) electrons. The number of hydrazine groups is 1. The predicted octanol–water partition coefficient (Wildman–Crippen LogP) is 0.382. The molecule has 0 aliphatic heterocycles. The lowest BCUT2D eigenvalue weighted by molar-refractivity contribution is -0.144. The summed E-state index contributed by atoms with van der Waals surface area (Å²) in [4.78, 5) is 22.2. The van der Waals surface area contributed by atoms with Crippen molar-refractivity contribution in [1.29, 1.82) is 0 Å². The first-order chi connectivity index (χ1) is 7.15. The average Bonchev–Trinajstić information content (AvgIpc) is 2.24. The van der Waals surface area contributed by atoms with Gasteiger partial charge in [0.25, 0.3) is 0 Å². The molecule has 0 spiro atoms. The summed E-state index contributed by atoms with van der Waals surface area (Å²) in [5, 5.41) is 0. The normalized spacial score (nSPS) is 11.6. The lowest BCUT2D eigenvalue weighted by atomic mass is 10.0. The fourth-order valence-electron chi connectivity index (χ4n) is 1.17. The summed E-state index contributed by atoms with van der Waals surface area (Å²) in [6.07, 6.45) is 3.12. The molecular weight excluding hydrogens is 196 g/mol. The van der Waals surface area contributed by atoms with Gasteiger partial charge in [0.05, 0.1) is 13.0 Å². The van der Waals surface area contributed by atoms with E-state index in [0.29, 0.717) is 19.3 Å². The average molecular weight is 214 g/mol. The van der Waals surface area contributed by atoms with E-state index in [0.717, 1.165) is 0 Å². The fraction of sp³-hybridized carbons (Fsp3) is 0.600. The predicted molar refractivity (Wildman–Crippen MR) is 56.8 cm³/mol. The molecule has 0 aliphatic carbocycles. The topological polar surface area (TPSA) is 67.4 Å². The van der Waals surface area contributed by atoms with E-state index >= 15 is 0 Å². The largest absolute Gasteiger partial charge is 0.469 e. The standard InChI is InChI=1S/C10H18N2O3/c1-4-8(10(14)15-3)6-5-7-9(13)12-11-2/h4,8,11H,1,5-7H2,2-3H3,(H,12,13). The van der Waals surface area contributed by atoms with Crippen molar-refractivity contribution in [3.8, 4) is 0 Å². The SMILES string of the molecule is C=CC(CCCC(=O)NNC)C(=O)OC. The Balaban J connectivity index is 3.77. The summed E-state index contributed by atoms with van der Waals surface area (Å²) in [5.41, 5.74) is 4.99. The van der Waals surface area contributed by atoms with Gasteiger partial charge in [-0.3, -0.25) is 15.0 Å². The van der Waals surface area contributed by atoms with E-state index in [9.17, 15) is 9.59 Å². The second kappa shape index (κ2) is 7.99. The molecular formula is C10H18N2O3. The van der Waals surface area contributed by atoms with Crippen LogP contribution in [0.3, 0.4) is 0 Å². The fourth-order valence-corrected chi connectivity index (χ4v) is 1.17. The van der Waals surface area contributed by atoms with Gasteiger partial charge in [0.15, 0.2) is 0 Å². The maximum atomic E-state index is 11.1. The van der Waals surface area contributed by atoms with Crippen LogP contribution >= 0.6 is 0 Å². The third kappa shape index (κ3) is 5.85. The third-order valence-electron chi connectivity index (χ3n) is 1.97. The molecule has 0 aromatic rings. The van der Waals surface area contributed by atoms with Crippen LogP contribution < -0.4 is 10.9 Å². The zero-order valence-electron chi connectivity index (χ0n) is 9.21. The van der Waals surface area contributed by atoms with Gasteiger partial charge < -0.3 is 4.74 Å². The van der Waals surface area contributed by atoms with Crippen molar-refractivity contribution < 1.29 is 14.3 Å². The van der Waals surface area contributed by atoms with Crippen molar-refractivity contribution in [3.63, 3.8) is 0 Å². The van der Waals surface area contributed by atoms with Crippen molar-refractivity contribution in [2.45, 2.75) is 19.3 Å². The maximum absolute atomic E-state index is 11.1. The number of rotatable bonds is 7. The summed E-state index contributed by atoms with van der Waals surface area (Å²) in [6.45, 7) is 3.55. The monoisotopic (exact) mass is 214 g/mol. The summed E-state index contributed by atoms with van der Waals surface area (Å²) >= 11 is 0. The van der Waals surface area contributed by atoms with Crippen LogP contribution in [0.5, 0.6) is 0 Å². The minimum absolute atomic E-state index is 0.0924. The Morgan fingerprint density at radius 1 is 1.53 bits per heavy atom. The van der Waals surface area contributed by atoms with E-state index in [1.165, 1.54) is 7.11 Å². The van der Waals surface area contributed by atoms with Crippen molar-refractivity contribution in [3.05, 3.63) is 12.7 Å². The molecule has 0 saturated heterocycles. The molecule has 0 aromatic carbocycles. The number of hydrogen-bond acceptors (Lipinski definition) is 4. The number of nitrogens with one attached hydrogen (secondary N) is 2. The van der Waals surface area contributed by atoms with Gasteiger partial charge in [-0.15, -0.1) is 6.58 Å². The lowest BCUT2D eigenvalue weighted by Gasteiger charge is -2.09. The first-order valence-corrected chi connectivity index (χ1v) is 4.81. The van der Waals surface area contributed by atoms with Crippen LogP contribution in [-0.2, 0) is 14.3 Å². The van der Waals surface area contributed by atoms with Crippen molar-refractivity contribution >= 4 is 11.9 Å². The first-order valence-electron chi connectivity index (χ1n) is 4.81. The molecule has 0 aliphatic rings. The number of carbonyl (C=O) groups is 2. The van der Waals surface area contributed by atoms with Crippen LogP contribution in [0.15, 0.2) is 12.7 Å². The smallest absolute Gasteiger partial charge is 0.312 e. The molecule has 2 N–H and O–H groups in total. The molecule has 1 atom stereocenters. The van der Waals surface area contributed by atoms with Gasteiger partial charge in [-0.1, -0.05) is 6.08 Å². The maximum Gasteiger partial charge on any atom is 0.312 e. The number of ether oxygens (including phenoxy) is 1. The summed E-state index contributed by atoms with van der Waals surface area (Å²) in [6, 6.07) is 0. The summed E-state index contributed by atoms with van der Waals surface area (Å²) in [5.74, 6) is -0.721. The minimum atomic E-state index is -0.322. The molecule has 15 heavy (non-hydrogen) atoms. The Morgan fingerprint density at radius 2 is 2.20 bits per heavy atom. The highest BCUT2D eigenvalue weighted by Gasteiger charge is 2.14. The Hall–Kier alpha value is -1.36. The van der Waals surface area contributed by atoms with Gasteiger partial charge in [0.2, 0.25) is 5.91 Å². The molecule has 0 bridgehead atoms. The zero-order chi connectivity index (χ0) is 11.7. The van der Waals surface area contributed by atoms with E-state index in [1.54, 1.807) is 13.1 Å². The van der Waals surface area contributed by atoms with E-state index in [4.69, 9.17) is 0 Å². The third-order valence-corrected chi connectivity index (χ3v) is 1.97. The Morgan fingerprint density at radius 3 is 2.67 bits per heavy atom. The highest BCUT2D eigenvalue weighted by atomic mass is 16.5. The molecule has 5 nitrogen and oxygen atoms in total. The first kappa shape index (κ1) is 13.6. The van der Waals surface area contributed by atoms with Crippen LogP contribution in [0.2, 0.25) is 0 Å². The lowest BCUT2D eigenvalue weighted by Crippen LogP contribution is -2.33. The van der Waals surface area contributed by atoms with Crippen LogP contribution in [0.4, 0.5) is 0 Å². The van der Waals surface area contributed by atoms with Gasteiger partial charge in [-0.05, 0) is 12.8 Å². The number of hydrogen-bond donors (Lipinski definition) is 2. The molecule has 86 valence electrons. The Labute approximate surface area is 89.8 Å². The van der Waals surface area contributed by atoms with Gasteiger partial charge in [0.1, 0.15) is 0 Å². The number of carbonyl (C=O) groups excluding carboxylic acids is 2. The van der Waals surface area contributed by atoms with Crippen molar-refractivity contribution in [2.75, 3.05) is 14.2 Å². The summed E-state index contributed by atoms with van der Waals surface area (Å²) < 4.78 is 4.59. The van der Waals surface area contributed by atoms with Gasteiger partial charge in [0, 0.05) is 13.5 Å². The van der Waals surface area contributed by atoms with Gasteiger partial charge >= 0.3 is 5.97 Å².